The maximum atomic E-state index is 13.4. The van der Waals surface area contributed by atoms with E-state index >= 15 is 0 Å². The van der Waals surface area contributed by atoms with Crippen molar-refractivity contribution in [3.05, 3.63) is 40.8 Å². The van der Waals surface area contributed by atoms with Gasteiger partial charge >= 0.3 is 5.97 Å². The Labute approximate surface area is 171 Å². The molecule has 3 aliphatic rings. The number of nitrogens with zero attached hydrogens (tertiary/aromatic N) is 2. The van der Waals surface area contributed by atoms with E-state index in [4.69, 9.17) is 10.5 Å². The Morgan fingerprint density at radius 1 is 1.21 bits per heavy atom. The number of pyridine rings is 1. The Morgan fingerprint density at radius 2 is 2.00 bits per heavy atom. The third kappa shape index (κ3) is 3.05. The number of nitrogens with two attached hydrogens (primary N) is 1. The SMILES string of the molecule is NC1CCN(S(=O)c2cccc3c(=O)n(COC(=O)C4CCC4)ccc23)C12CC2. The van der Waals surface area contributed by atoms with Crippen molar-refractivity contribution in [2.24, 2.45) is 11.7 Å². The van der Waals surface area contributed by atoms with Gasteiger partial charge in [0.15, 0.2) is 6.73 Å². The van der Waals surface area contributed by atoms with Crippen LogP contribution in [0.25, 0.3) is 10.8 Å². The molecule has 2 aliphatic carbocycles. The number of carbonyl (C=O) groups is 1. The molecule has 1 spiro atoms. The maximum absolute atomic E-state index is 13.4. The van der Waals surface area contributed by atoms with Crippen LogP contribution in [0.1, 0.15) is 38.5 Å². The normalized spacial score (nSPS) is 24.5. The Balaban J connectivity index is 1.43. The second-order valence-corrected chi connectivity index (χ2v) is 9.76. The second kappa shape index (κ2) is 7.04. The molecule has 5 rings (SSSR count). The van der Waals surface area contributed by atoms with Gasteiger partial charge in [0, 0.05) is 35.1 Å². The summed E-state index contributed by atoms with van der Waals surface area (Å²) in [5.41, 5.74) is 5.87. The zero-order chi connectivity index (χ0) is 20.2. The van der Waals surface area contributed by atoms with E-state index in [0.29, 0.717) is 22.2 Å². The van der Waals surface area contributed by atoms with Gasteiger partial charge in [-0.2, -0.15) is 0 Å². The summed E-state index contributed by atoms with van der Waals surface area (Å²) in [6, 6.07) is 7.15. The molecule has 1 aromatic carbocycles. The van der Waals surface area contributed by atoms with Crippen LogP contribution >= 0.6 is 0 Å². The van der Waals surface area contributed by atoms with Gasteiger partial charge in [0.05, 0.1) is 10.8 Å². The number of fused-ring (bicyclic) bond motifs is 1. The van der Waals surface area contributed by atoms with Crippen molar-refractivity contribution in [1.82, 2.24) is 8.87 Å². The van der Waals surface area contributed by atoms with Crippen molar-refractivity contribution in [2.45, 2.75) is 61.7 Å². The third-order valence-corrected chi connectivity index (χ3v) is 8.42. The van der Waals surface area contributed by atoms with Gasteiger partial charge in [-0.3, -0.25) is 14.2 Å². The third-order valence-electron chi connectivity index (χ3n) is 6.74. The highest BCUT2D eigenvalue weighted by atomic mass is 32.2. The quantitative estimate of drug-likeness (QED) is 0.753. The van der Waals surface area contributed by atoms with E-state index in [1.54, 1.807) is 24.4 Å². The molecule has 0 bridgehead atoms. The summed E-state index contributed by atoms with van der Waals surface area (Å²) in [4.78, 5) is 25.5. The van der Waals surface area contributed by atoms with Crippen LogP contribution in [0.2, 0.25) is 0 Å². The molecular formula is C21H25N3O4S. The molecule has 29 heavy (non-hydrogen) atoms. The lowest BCUT2D eigenvalue weighted by Gasteiger charge is -2.25. The zero-order valence-electron chi connectivity index (χ0n) is 16.2. The van der Waals surface area contributed by atoms with Crippen LogP contribution in [0, 0.1) is 5.92 Å². The molecule has 0 amide bonds. The largest absolute Gasteiger partial charge is 0.444 e. The number of carbonyl (C=O) groups excluding carboxylic acids is 1. The van der Waals surface area contributed by atoms with E-state index in [1.807, 2.05) is 10.4 Å². The molecule has 1 aliphatic heterocycles. The minimum Gasteiger partial charge on any atom is -0.444 e. The molecule has 2 atom stereocenters. The Morgan fingerprint density at radius 3 is 2.69 bits per heavy atom. The molecule has 2 saturated carbocycles. The summed E-state index contributed by atoms with van der Waals surface area (Å²) in [5, 5.41) is 1.15. The van der Waals surface area contributed by atoms with Gasteiger partial charge in [-0.05, 0) is 50.3 Å². The van der Waals surface area contributed by atoms with Crippen LogP contribution in [-0.4, -0.2) is 37.2 Å². The van der Waals surface area contributed by atoms with Crippen molar-refractivity contribution in [2.75, 3.05) is 6.54 Å². The first-order valence-electron chi connectivity index (χ1n) is 10.3. The van der Waals surface area contributed by atoms with Crippen LogP contribution in [0.5, 0.6) is 0 Å². The van der Waals surface area contributed by atoms with E-state index in [2.05, 4.69) is 0 Å². The van der Waals surface area contributed by atoms with Crippen LogP contribution in [-0.2, 0) is 27.2 Å². The van der Waals surface area contributed by atoms with Crippen molar-refractivity contribution in [1.29, 1.82) is 0 Å². The standard InChI is InChI=1S/C21H25N3O4S/c22-18-8-12-24(21(18)9-10-21)29(27)17-6-2-5-16-15(17)7-11-23(19(16)25)13-28-20(26)14-3-1-4-14/h2,5-7,11,14,18H,1,3-4,8-10,12-13,22H2. The molecular weight excluding hydrogens is 390 g/mol. The van der Waals surface area contributed by atoms with Crippen LogP contribution < -0.4 is 11.3 Å². The fourth-order valence-electron chi connectivity index (χ4n) is 4.49. The zero-order valence-corrected chi connectivity index (χ0v) is 17.0. The number of aromatic nitrogens is 1. The fourth-order valence-corrected chi connectivity index (χ4v) is 6.20. The Kier molecular flexibility index (Phi) is 4.60. The maximum Gasteiger partial charge on any atom is 0.310 e. The summed E-state index contributed by atoms with van der Waals surface area (Å²) in [7, 11) is -1.37. The van der Waals surface area contributed by atoms with Gasteiger partial charge in [-0.1, -0.05) is 12.5 Å². The highest BCUT2D eigenvalue weighted by molar-refractivity contribution is 7.83. The molecule has 2 unspecified atom stereocenters. The number of hydrogen-bond acceptors (Lipinski definition) is 5. The first-order valence-corrected chi connectivity index (χ1v) is 11.4. The number of ether oxygens (including phenoxy) is 1. The van der Waals surface area contributed by atoms with Gasteiger partial charge in [0.2, 0.25) is 0 Å². The van der Waals surface area contributed by atoms with Crippen LogP contribution in [0.3, 0.4) is 0 Å². The summed E-state index contributed by atoms with van der Waals surface area (Å²) in [5.74, 6) is -0.264. The lowest BCUT2D eigenvalue weighted by Crippen LogP contribution is -2.42. The van der Waals surface area contributed by atoms with Crippen molar-refractivity contribution >= 4 is 27.7 Å². The average molecular weight is 416 g/mol. The first kappa shape index (κ1) is 19.0. The molecule has 2 aromatic rings. The number of benzene rings is 1. The first-order chi connectivity index (χ1) is 14.0. The molecule has 2 N–H and O–H groups in total. The van der Waals surface area contributed by atoms with Gasteiger partial charge < -0.3 is 10.5 Å². The minimum absolute atomic E-state index is 0.0261. The summed E-state index contributed by atoms with van der Waals surface area (Å²) in [6.07, 6.45) is 7.19. The van der Waals surface area contributed by atoms with E-state index in [9.17, 15) is 13.8 Å². The molecule has 8 heteroatoms. The van der Waals surface area contributed by atoms with Crippen molar-refractivity contribution < 1.29 is 13.7 Å². The smallest absolute Gasteiger partial charge is 0.310 e. The number of hydrogen-bond donors (Lipinski definition) is 1. The summed E-state index contributed by atoms with van der Waals surface area (Å²) in [6.45, 7) is 0.611. The van der Waals surface area contributed by atoms with Gasteiger partial charge in [0.1, 0.15) is 11.0 Å². The summed E-state index contributed by atoms with van der Waals surface area (Å²) < 4.78 is 22.1. The van der Waals surface area contributed by atoms with Crippen molar-refractivity contribution in [3.63, 3.8) is 0 Å². The highest BCUT2D eigenvalue weighted by Crippen LogP contribution is 2.50. The fraction of sp³-hybridized carbons (Fsp3) is 0.524. The van der Waals surface area contributed by atoms with Crippen molar-refractivity contribution in [3.8, 4) is 0 Å². The molecule has 154 valence electrons. The van der Waals surface area contributed by atoms with E-state index in [-0.39, 0.29) is 35.8 Å². The van der Waals surface area contributed by atoms with Gasteiger partial charge in [-0.25, -0.2) is 8.51 Å². The topological polar surface area (TPSA) is 94.6 Å². The van der Waals surface area contributed by atoms with Crippen LogP contribution in [0.4, 0.5) is 0 Å². The molecule has 7 nitrogen and oxygen atoms in total. The molecule has 1 saturated heterocycles. The molecule has 1 aromatic heterocycles. The Hall–Kier alpha value is -2.03. The molecule has 0 radical (unpaired) electrons. The van der Waals surface area contributed by atoms with Gasteiger partial charge in [0.25, 0.3) is 5.56 Å². The summed E-state index contributed by atoms with van der Waals surface area (Å²) >= 11 is 0. The predicted octanol–water partition coefficient (Wildman–Crippen LogP) is 1.89. The van der Waals surface area contributed by atoms with E-state index in [1.165, 1.54) is 4.57 Å². The number of esters is 1. The lowest BCUT2D eigenvalue weighted by molar-refractivity contribution is -0.155. The second-order valence-electron chi connectivity index (χ2n) is 8.38. The van der Waals surface area contributed by atoms with E-state index in [0.717, 1.165) is 38.5 Å². The number of rotatable bonds is 5. The van der Waals surface area contributed by atoms with Crippen LogP contribution in [0.15, 0.2) is 40.2 Å². The average Bonchev–Trinajstić information content (AvgIpc) is 3.40. The highest BCUT2D eigenvalue weighted by Gasteiger charge is 2.58. The molecule has 2 heterocycles. The lowest BCUT2D eigenvalue weighted by atomic mass is 9.86. The minimum atomic E-state index is -1.37. The molecule has 3 fully saturated rings. The van der Waals surface area contributed by atoms with E-state index < -0.39 is 11.0 Å². The van der Waals surface area contributed by atoms with Gasteiger partial charge in [-0.15, -0.1) is 0 Å². The Bertz CT molecular complexity index is 1060. The predicted molar refractivity (Wildman–Crippen MR) is 109 cm³/mol. The monoisotopic (exact) mass is 415 g/mol.